The first-order valence-corrected chi connectivity index (χ1v) is 20.3. The van der Waals surface area contributed by atoms with E-state index in [1.165, 1.54) is 87.6 Å². The zero-order valence-corrected chi connectivity index (χ0v) is 32.5. The molecule has 11 aromatic carbocycles. The van der Waals surface area contributed by atoms with Gasteiger partial charge in [-0.25, -0.2) is 0 Å². The van der Waals surface area contributed by atoms with Crippen LogP contribution in [0.4, 0.5) is 17.1 Å². The number of fused-ring (bicyclic) bond motifs is 6. The molecule has 0 amide bonds. The highest BCUT2D eigenvalue weighted by Gasteiger charge is 2.16. The van der Waals surface area contributed by atoms with Gasteiger partial charge in [0.2, 0.25) is 0 Å². The third-order valence-corrected chi connectivity index (χ3v) is 11.8. The van der Waals surface area contributed by atoms with Gasteiger partial charge < -0.3 is 4.90 Å². The van der Waals surface area contributed by atoms with Crippen LogP contribution in [0.5, 0.6) is 0 Å². The fourth-order valence-corrected chi connectivity index (χ4v) is 8.92. The summed E-state index contributed by atoms with van der Waals surface area (Å²) in [5.41, 5.74) is 13.0. The molecule has 0 heterocycles. The Morgan fingerprint density at radius 2 is 0.678 bits per heavy atom. The highest BCUT2D eigenvalue weighted by Crippen LogP contribution is 2.41. The second-order valence-electron chi connectivity index (χ2n) is 15.3. The van der Waals surface area contributed by atoms with Crippen molar-refractivity contribution in [2.75, 3.05) is 4.90 Å². The van der Waals surface area contributed by atoms with E-state index < -0.39 is 0 Å². The molecule has 0 spiro atoms. The molecule has 1 heteroatoms. The summed E-state index contributed by atoms with van der Waals surface area (Å²) >= 11 is 0. The van der Waals surface area contributed by atoms with E-state index in [0.717, 1.165) is 17.1 Å². The molecule has 0 saturated carbocycles. The van der Waals surface area contributed by atoms with Gasteiger partial charge in [-0.1, -0.05) is 188 Å². The van der Waals surface area contributed by atoms with Crippen LogP contribution < -0.4 is 4.90 Å². The maximum Gasteiger partial charge on any atom is 0.0462 e. The second-order valence-corrected chi connectivity index (χ2v) is 15.3. The quantitative estimate of drug-likeness (QED) is 0.147. The van der Waals surface area contributed by atoms with Crippen molar-refractivity contribution in [3.63, 3.8) is 0 Å². The SMILES string of the molecule is c1ccc(-c2cc(-c3ccc4ccc5ccc6ccccc6c5c4c3)ccc2-c2ccc(N(c3ccccc3)c3ccc(-c4cccc5ccccc45)cc3)cc2)cc1. The lowest BCUT2D eigenvalue weighted by molar-refractivity contribution is 1.28. The Morgan fingerprint density at radius 3 is 1.39 bits per heavy atom. The van der Waals surface area contributed by atoms with Crippen molar-refractivity contribution in [3.8, 4) is 44.5 Å². The van der Waals surface area contributed by atoms with E-state index in [1.54, 1.807) is 0 Å². The molecule has 0 bridgehead atoms. The summed E-state index contributed by atoms with van der Waals surface area (Å²) in [6.45, 7) is 0. The largest absolute Gasteiger partial charge is 0.311 e. The van der Waals surface area contributed by atoms with Crippen LogP contribution in [0.3, 0.4) is 0 Å². The van der Waals surface area contributed by atoms with Crippen molar-refractivity contribution in [3.05, 3.63) is 237 Å². The number of para-hydroxylation sites is 1. The molecule has 0 aliphatic heterocycles. The normalized spacial score (nSPS) is 11.4. The van der Waals surface area contributed by atoms with Gasteiger partial charge >= 0.3 is 0 Å². The zero-order valence-electron chi connectivity index (χ0n) is 32.5. The molecule has 0 N–H and O–H groups in total. The number of hydrogen-bond donors (Lipinski definition) is 0. The van der Waals surface area contributed by atoms with Gasteiger partial charge in [-0.3, -0.25) is 0 Å². The van der Waals surface area contributed by atoms with Gasteiger partial charge in [-0.2, -0.15) is 0 Å². The molecule has 0 saturated heterocycles. The average Bonchev–Trinajstić information content (AvgIpc) is 3.32. The Hall–Kier alpha value is -7.74. The Labute approximate surface area is 344 Å². The lowest BCUT2D eigenvalue weighted by atomic mass is 9.89. The van der Waals surface area contributed by atoms with E-state index in [9.17, 15) is 0 Å². The van der Waals surface area contributed by atoms with Crippen LogP contribution in [0, 0.1) is 0 Å². The van der Waals surface area contributed by atoms with Crippen molar-refractivity contribution >= 4 is 60.2 Å². The summed E-state index contributed by atoms with van der Waals surface area (Å²) < 4.78 is 0. The summed E-state index contributed by atoms with van der Waals surface area (Å²) in [4.78, 5) is 2.34. The third-order valence-electron chi connectivity index (χ3n) is 11.8. The van der Waals surface area contributed by atoms with Crippen molar-refractivity contribution in [2.45, 2.75) is 0 Å². The standard InChI is InChI=1S/C58H39N/c1-3-12-41(13-4-1)56-38-48(47-27-24-45-23-26-46-25-22-42-15-8-10-20-55(42)58(46)57(45)39-47)32-37-54(56)44-30-35-51(36-31-44)59(49-17-5-2-6-18-49)50-33-28-43(29-34-50)53-21-11-16-40-14-7-9-19-52(40)53/h1-39H. The molecular formula is C58H39N. The fraction of sp³-hybridized carbons (Fsp3) is 0. The van der Waals surface area contributed by atoms with Crippen molar-refractivity contribution in [1.29, 1.82) is 0 Å². The first kappa shape index (κ1) is 34.5. The minimum atomic E-state index is 1.10. The second kappa shape index (κ2) is 14.6. The molecule has 59 heavy (non-hydrogen) atoms. The predicted molar refractivity (Wildman–Crippen MR) is 253 cm³/mol. The van der Waals surface area contributed by atoms with Gasteiger partial charge in [0, 0.05) is 17.1 Å². The molecule has 0 aromatic heterocycles. The van der Waals surface area contributed by atoms with E-state index in [2.05, 4.69) is 241 Å². The van der Waals surface area contributed by atoms with Gasteiger partial charge in [-0.15, -0.1) is 0 Å². The monoisotopic (exact) mass is 749 g/mol. The summed E-state index contributed by atoms with van der Waals surface area (Å²) in [5, 5.41) is 10.2. The molecule has 0 aliphatic carbocycles. The first-order valence-electron chi connectivity index (χ1n) is 20.3. The first-order chi connectivity index (χ1) is 29.2. The Kier molecular flexibility index (Phi) is 8.56. The van der Waals surface area contributed by atoms with Crippen molar-refractivity contribution in [1.82, 2.24) is 0 Å². The predicted octanol–water partition coefficient (Wildman–Crippen LogP) is 16.4. The molecule has 11 aromatic rings. The molecule has 276 valence electrons. The summed E-state index contributed by atoms with van der Waals surface area (Å²) in [6, 6.07) is 86.2. The van der Waals surface area contributed by atoms with Gasteiger partial charge in [0.1, 0.15) is 0 Å². The lowest BCUT2D eigenvalue weighted by Crippen LogP contribution is -2.09. The molecule has 1 nitrogen and oxygen atoms in total. The number of hydrogen-bond acceptors (Lipinski definition) is 1. The van der Waals surface area contributed by atoms with Crippen LogP contribution in [0.15, 0.2) is 237 Å². The van der Waals surface area contributed by atoms with Crippen molar-refractivity contribution in [2.24, 2.45) is 0 Å². The van der Waals surface area contributed by atoms with E-state index in [1.807, 2.05) is 0 Å². The number of anilines is 3. The molecule has 11 rings (SSSR count). The van der Waals surface area contributed by atoms with Crippen LogP contribution >= 0.6 is 0 Å². The molecule has 0 radical (unpaired) electrons. The van der Waals surface area contributed by atoms with Gasteiger partial charge in [-0.05, 0) is 136 Å². The lowest BCUT2D eigenvalue weighted by Gasteiger charge is -2.26. The highest BCUT2D eigenvalue weighted by atomic mass is 15.1. The highest BCUT2D eigenvalue weighted by molar-refractivity contribution is 6.20. The van der Waals surface area contributed by atoms with Crippen molar-refractivity contribution < 1.29 is 0 Å². The number of nitrogens with zero attached hydrogens (tertiary/aromatic N) is 1. The average molecular weight is 750 g/mol. The summed E-state index contributed by atoms with van der Waals surface area (Å²) in [7, 11) is 0. The number of rotatable bonds is 7. The third kappa shape index (κ3) is 6.30. The summed E-state index contributed by atoms with van der Waals surface area (Å²) in [6.07, 6.45) is 0. The van der Waals surface area contributed by atoms with Gasteiger partial charge in [0.25, 0.3) is 0 Å². The van der Waals surface area contributed by atoms with Gasteiger partial charge in [0.15, 0.2) is 0 Å². The van der Waals surface area contributed by atoms with E-state index in [4.69, 9.17) is 0 Å². The maximum absolute atomic E-state index is 2.38. The van der Waals surface area contributed by atoms with Crippen LogP contribution in [-0.2, 0) is 0 Å². The Morgan fingerprint density at radius 1 is 0.220 bits per heavy atom. The maximum atomic E-state index is 2.38. The van der Waals surface area contributed by atoms with E-state index >= 15 is 0 Å². The molecule has 0 unspecified atom stereocenters. The van der Waals surface area contributed by atoms with E-state index in [-0.39, 0.29) is 0 Å². The van der Waals surface area contributed by atoms with Crippen LogP contribution in [-0.4, -0.2) is 0 Å². The fourth-order valence-electron chi connectivity index (χ4n) is 8.92. The minimum Gasteiger partial charge on any atom is -0.311 e. The topological polar surface area (TPSA) is 3.24 Å². The molecule has 0 fully saturated rings. The van der Waals surface area contributed by atoms with Crippen LogP contribution in [0.2, 0.25) is 0 Å². The molecular weight excluding hydrogens is 711 g/mol. The minimum absolute atomic E-state index is 1.10. The van der Waals surface area contributed by atoms with Gasteiger partial charge in [0.05, 0.1) is 0 Å². The summed E-state index contributed by atoms with van der Waals surface area (Å²) in [5.74, 6) is 0. The van der Waals surface area contributed by atoms with Crippen LogP contribution in [0.25, 0.3) is 87.6 Å². The van der Waals surface area contributed by atoms with Crippen LogP contribution in [0.1, 0.15) is 0 Å². The Balaban J connectivity index is 0.982. The Bertz CT molecular complexity index is 3280. The molecule has 0 atom stereocenters. The zero-order chi connectivity index (χ0) is 39.1. The van der Waals surface area contributed by atoms with E-state index in [0.29, 0.717) is 0 Å². The smallest absolute Gasteiger partial charge is 0.0462 e. The molecule has 0 aliphatic rings. The number of benzene rings is 11.